The van der Waals surface area contributed by atoms with Crippen molar-refractivity contribution < 1.29 is 0 Å². The monoisotopic (exact) mass is 425 g/mol. The van der Waals surface area contributed by atoms with Gasteiger partial charge in [-0.25, -0.2) is 9.98 Å². The Labute approximate surface area is 165 Å². The molecule has 1 unspecified atom stereocenters. The van der Waals surface area contributed by atoms with Gasteiger partial charge in [-0.05, 0) is 60.0 Å². The van der Waals surface area contributed by atoms with E-state index in [2.05, 4.69) is 52.6 Å². The molecule has 3 heterocycles. The van der Waals surface area contributed by atoms with Crippen molar-refractivity contribution in [3.05, 3.63) is 64.9 Å². The number of halogens is 1. The summed E-state index contributed by atoms with van der Waals surface area (Å²) in [6.07, 6.45) is 6.65. The number of fused-ring (bicyclic) bond motifs is 1. The van der Waals surface area contributed by atoms with Crippen LogP contribution >= 0.6 is 15.9 Å². The molecule has 0 saturated heterocycles. The van der Waals surface area contributed by atoms with Crippen molar-refractivity contribution in [2.24, 2.45) is 10.7 Å². The van der Waals surface area contributed by atoms with Crippen molar-refractivity contribution in [3.8, 4) is 0 Å². The Morgan fingerprint density at radius 2 is 2.15 bits per heavy atom. The van der Waals surface area contributed by atoms with Crippen LogP contribution in [-0.4, -0.2) is 26.6 Å². The summed E-state index contributed by atoms with van der Waals surface area (Å²) in [6.45, 7) is 1.99. The number of H-pyrrole nitrogens is 1. The van der Waals surface area contributed by atoms with E-state index in [0.29, 0.717) is 12.4 Å². The molecule has 3 aromatic rings. The number of pyridine rings is 1. The number of aromatic amines is 1. The second kappa shape index (κ2) is 7.13. The fourth-order valence-corrected chi connectivity index (χ4v) is 3.38. The molecule has 0 saturated carbocycles. The Morgan fingerprint density at radius 1 is 1.26 bits per heavy atom. The molecule has 138 valence electrons. The van der Waals surface area contributed by atoms with Crippen molar-refractivity contribution in [2.45, 2.75) is 25.4 Å². The van der Waals surface area contributed by atoms with Crippen LogP contribution in [0, 0.1) is 6.92 Å². The van der Waals surface area contributed by atoms with Crippen LogP contribution in [0.4, 0.5) is 5.69 Å². The smallest absolute Gasteiger partial charge is 0.202 e. The zero-order chi connectivity index (χ0) is 18.9. The second-order valence-electron chi connectivity index (χ2n) is 6.61. The summed E-state index contributed by atoms with van der Waals surface area (Å²) in [7, 11) is 0. The predicted octanol–water partition coefficient (Wildman–Crippen LogP) is 3.16. The molecule has 0 amide bonds. The quantitative estimate of drug-likeness (QED) is 0.513. The van der Waals surface area contributed by atoms with Crippen LogP contribution in [0.1, 0.15) is 17.8 Å². The third-order valence-corrected chi connectivity index (χ3v) is 5.42. The fourth-order valence-electron chi connectivity index (χ4n) is 2.98. The zero-order valence-electron chi connectivity index (χ0n) is 14.8. The lowest BCUT2D eigenvalue weighted by molar-refractivity contribution is 0.440. The first-order valence-electron chi connectivity index (χ1n) is 8.64. The average molecular weight is 426 g/mol. The van der Waals surface area contributed by atoms with Gasteiger partial charge in [0.25, 0.3) is 0 Å². The highest BCUT2D eigenvalue weighted by atomic mass is 79.9. The van der Waals surface area contributed by atoms with Gasteiger partial charge in [-0.15, -0.1) is 0 Å². The number of anilines is 1. The lowest BCUT2D eigenvalue weighted by atomic mass is 10.0. The highest BCUT2D eigenvalue weighted by molar-refractivity contribution is 9.11. The summed E-state index contributed by atoms with van der Waals surface area (Å²) >= 11 is 3.53. The van der Waals surface area contributed by atoms with Gasteiger partial charge in [0, 0.05) is 34.9 Å². The van der Waals surface area contributed by atoms with Gasteiger partial charge in [0.05, 0.1) is 16.3 Å². The molecular weight excluding hydrogens is 406 g/mol. The molecule has 1 aliphatic rings. The lowest BCUT2D eigenvalue weighted by Gasteiger charge is -2.34. The van der Waals surface area contributed by atoms with Gasteiger partial charge in [0.2, 0.25) is 5.96 Å². The van der Waals surface area contributed by atoms with Gasteiger partial charge in [-0.1, -0.05) is 6.07 Å². The molecule has 1 atom stereocenters. The number of imidazole rings is 1. The molecule has 0 aliphatic carbocycles. The summed E-state index contributed by atoms with van der Waals surface area (Å²) < 4.78 is 0.804. The van der Waals surface area contributed by atoms with Crippen LogP contribution in [0.15, 0.2) is 58.5 Å². The average Bonchev–Trinajstić information content (AvgIpc) is 3.17. The van der Waals surface area contributed by atoms with Crippen LogP contribution in [0.25, 0.3) is 10.9 Å². The maximum absolute atomic E-state index is 6.58. The molecule has 1 aromatic carbocycles. The number of benzene rings is 1. The van der Waals surface area contributed by atoms with Crippen molar-refractivity contribution in [2.75, 3.05) is 5.32 Å². The zero-order valence-corrected chi connectivity index (χ0v) is 16.4. The van der Waals surface area contributed by atoms with Crippen molar-refractivity contribution in [3.63, 3.8) is 0 Å². The first-order valence-corrected chi connectivity index (χ1v) is 9.44. The minimum atomic E-state index is -0.745. The molecule has 7 nitrogen and oxygen atoms in total. The lowest BCUT2D eigenvalue weighted by Crippen LogP contribution is -2.59. The molecule has 1 aliphatic heterocycles. The molecule has 27 heavy (non-hydrogen) atoms. The summed E-state index contributed by atoms with van der Waals surface area (Å²) in [4.78, 5) is 16.1. The third-order valence-electron chi connectivity index (χ3n) is 4.51. The maximum atomic E-state index is 6.58. The second-order valence-corrected chi connectivity index (χ2v) is 7.47. The Morgan fingerprint density at radius 3 is 2.96 bits per heavy atom. The van der Waals surface area contributed by atoms with E-state index in [9.17, 15) is 0 Å². The van der Waals surface area contributed by atoms with Crippen LogP contribution in [0.5, 0.6) is 0 Å². The molecule has 5 N–H and O–H groups in total. The van der Waals surface area contributed by atoms with Gasteiger partial charge in [-0.2, -0.15) is 0 Å². The number of hydrogen-bond donors (Lipinski definition) is 4. The molecule has 0 spiro atoms. The van der Waals surface area contributed by atoms with Gasteiger partial charge in [0.15, 0.2) is 0 Å². The first-order chi connectivity index (χ1) is 13.0. The van der Waals surface area contributed by atoms with E-state index in [-0.39, 0.29) is 0 Å². The Bertz CT molecular complexity index is 1030. The number of rotatable bonds is 4. The van der Waals surface area contributed by atoms with Crippen molar-refractivity contribution in [1.29, 1.82) is 0 Å². The van der Waals surface area contributed by atoms with E-state index in [4.69, 9.17) is 5.73 Å². The number of aryl methyl sites for hydroxylation is 2. The largest absolute Gasteiger partial charge is 0.348 e. The number of nitrogens with one attached hydrogen (secondary N) is 3. The molecule has 4 rings (SSSR count). The number of nitrogens with two attached hydrogens (primary N) is 1. The number of aliphatic imine (C=N–C) groups is 1. The summed E-state index contributed by atoms with van der Waals surface area (Å²) in [5, 5.41) is 7.67. The summed E-state index contributed by atoms with van der Waals surface area (Å²) in [5.74, 6) is 0.602. The minimum Gasteiger partial charge on any atom is -0.348 e. The standard InChI is InChI=1S/C19H20BrN7/c1-12-2-3-13-8-14(4-5-16(13)25-12)26-18-23-10-17(20)19(21,27-18)7-6-15-9-22-11-24-15/h2-5,8-11H,6-7,21H2,1H3,(H,22,24)(H2,23,26,27). The highest BCUT2D eigenvalue weighted by Crippen LogP contribution is 2.26. The van der Waals surface area contributed by atoms with E-state index < -0.39 is 5.66 Å². The Kier molecular flexibility index (Phi) is 4.67. The van der Waals surface area contributed by atoms with E-state index in [1.165, 1.54) is 0 Å². The molecule has 8 heteroatoms. The van der Waals surface area contributed by atoms with Gasteiger partial charge >= 0.3 is 0 Å². The number of aromatic nitrogens is 3. The van der Waals surface area contributed by atoms with Gasteiger partial charge < -0.3 is 21.4 Å². The van der Waals surface area contributed by atoms with Crippen LogP contribution in [0.2, 0.25) is 0 Å². The molecular formula is C19H20BrN7. The molecule has 0 fully saturated rings. The number of nitrogens with zero attached hydrogens (tertiary/aromatic N) is 3. The Hall–Kier alpha value is -2.71. The summed E-state index contributed by atoms with van der Waals surface area (Å²) in [6, 6.07) is 10.1. The van der Waals surface area contributed by atoms with Crippen LogP contribution in [-0.2, 0) is 6.42 Å². The number of guanidine groups is 1. The van der Waals surface area contributed by atoms with Crippen LogP contribution < -0.4 is 16.4 Å². The molecule has 2 aromatic heterocycles. The topological polar surface area (TPSA) is 104 Å². The normalized spacial score (nSPS) is 19.4. The Balaban J connectivity index is 1.50. The van der Waals surface area contributed by atoms with Gasteiger partial charge in [-0.3, -0.25) is 4.98 Å². The SMILES string of the molecule is Cc1ccc2cc(NC3=NC=C(Br)C(N)(CCc4cnc[nH]4)N3)ccc2n1. The van der Waals surface area contributed by atoms with Crippen molar-refractivity contribution in [1.82, 2.24) is 20.3 Å². The van der Waals surface area contributed by atoms with E-state index >= 15 is 0 Å². The third kappa shape index (κ3) is 3.86. The first kappa shape index (κ1) is 17.7. The molecule has 0 radical (unpaired) electrons. The van der Waals surface area contributed by atoms with E-state index in [1.807, 2.05) is 37.4 Å². The van der Waals surface area contributed by atoms with Gasteiger partial charge in [0.1, 0.15) is 5.66 Å². The molecule has 0 bridgehead atoms. The van der Waals surface area contributed by atoms with E-state index in [1.54, 1.807) is 12.5 Å². The van der Waals surface area contributed by atoms with Crippen molar-refractivity contribution >= 4 is 38.5 Å². The predicted molar refractivity (Wildman–Crippen MR) is 112 cm³/mol. The highest BCUT2D eigenvalue weighted by Gasteiger charge is 2.32. The fraction of sp³-hybridized carbons (Fsp3) is 0.211. The number of hydrogen-bond acceptors (Lipinski definition) is 6. The van der Waals surface area contributed by atoms with Crippen LogP contribution in [0.3, 0.4) is 0 Å². The minimum absolute atomic E-state index is 0.602. The summed E-state index contributed by atoms with van der Waals surface area (Å²) in [5.41, 5.74) is 9.76. The maximum Gasteiger partial charge on any atom is 0.202 e. The van der Waals surface area contributed by atoms with E-state index in [0.717, 1.165) is 38.9 Å².